The predicted molar refractivity (Wildman–Crippen MR) is 177 cm³/mol. The van der Waals surface area contributed by atoms with E-state index in [0.29, 0.717) is 5.02 Å². The van der Waals surface area contributed by atoms with Crippen LogP contribution in [0, 0.1) is 16.2 Å². The third-order valence-corrected chi connectivity index (χ3v) is 8.53. The fraction of sp³-hybridized carbons (Fsp3) is 0.568. The van der Waals surface area contributed by atoms with Crippen LogP contribution < -0.4 is 0 Å². The number of carbonyl (C=O) groups is 4. The first kappa shape index (κ1) is 36.6. The van der Waals surface area contributed by atoms with Crippen LogP contribution in [-0.4, -0.2) is 59.7 Å². The number of carbonyl (C=O) groups excluding carboxylic acids is 4. The summed E-state index contributed by atoms with van der Waals surface area (Å²) in [4.78, 5) is 55.8. The van der Waals surface area contributed by atoms with Gasteiger partial charge in [-0.1, -0.05) is 54.1 Å². The maximum atomic E-state index is 13.7. The highest BCUT2D eigenvalue weighted by Crippen LogP contribution is 2.45. The van der Waals surface area contributed by atoms with Gasteiger partial charge in [-0.2, -0.15) is 0 Å². The molecule has 256 valence electrons. The Hall–Kier alpha value is -3.27. The largest absolute Gasteiger partial charge is 0.455 e. The lowest BCUT2D eigenvalue weighted by atomic mass is 9.85. The minimum Gasteiger partial charge on any atom is -0.455 e. The van der Waals surface area contributed by atoms with Gasteiger partial charge in [-0.05, 0) is 85.6 Å². The molecule has 10 heteroatoms. The van der Waals surface area contributed by atoms with Crippen LogP contribution in [0.1, 0.15) is 98.4 Å². The molecule has 2 aromatic rings. The van der Waals surface area contributed by atoms with Crippen LogP contribution in [0.15, 0.2) is 54.6 Å². The molecule has 6 atom stereocenters. The maximum Gasteiger partial charge on any atom is 0.311 e. The Morgan fingerprint density at radius 1 is 0.681 bits per heavy atom. The van der Waals surface area contributed by atoms with E-state index >= 15 is 0 Å². The highest BCUT2D eigenvalue weighted by Gasteiger charge is 2.55. The van der Waals surface area contributed by atoms with Crippen LogP contribution in [0.3, 0.4) is 0 Å². The van der Waals surface area contributed by atoms with Crippen LogP contribution in [0.25, 0.3) is 0 Å². The molecule has 2 aromatic carbocycles. The summed E-state index contributed by atoms with van der Waals surface area (Å²) in [5.41, 5.74) is -1.02. The van der Waals surface area contributed by atoms with Gasteiger partial charge in [0, 0.05) is 29.9 Å². The van der Waals surface area contributed by atoms with E-state index in [4.69, 9.17) is 30.5 Å². The van der Waals surface area contributed by atoms with Crippen molar-refractivity contribution >= 4 is 35.3 Å². The second kappa shape index (κ2) is 14.1. The van der Waals surface area contributed by atoms with Crippen molar-refractivity contribution in [3.63, 3.8) is 0 Å². The number of halogens is 1. The molecule has 4 rings (SSSR count). The summed E-state index contributed by atoms with van der Waals surface area (Å²) in [5, 5.41) is 0.547. The molecule has 0 aromatic heterocycles. The molecule has 0 radical (unpaired) electrons. The van der Waals surface area contributed by atoms with Crippen molar-refractivity contribution in [2.24, 2.45) is 16.2 Å². The number of ketones is 1. The van der Waals surface area contributed by atoms with Gasteiger partial charge in [0.25, 0.3) is 0 Å². The second-order valence-corrected chi connectivity index (χ2v) is 16.0. The lowest BCUT2D eigenvalue weighted by molar-refractivity contribution is -0.268. The van der Waals surface area contributed by atoms with Gasteiger partial charge in [-0.3, -0.25) is 24.1 Å². The quantitative estimate of drug-likeness (QED) is 0.237. The molecule has 0 aliphatic carbocycles. The topological polar surface area (TPSA) is 108 Å². The molecule has 0 spiro atoms. The van der Waals surface area contributed by atoms with E-state index in [9.17, 15) is 19.2 Å². The number of nitrogens with zero attached hydrogens (tertiary/aromatic N) is 1. The van der Waals surface area contributed by atoms with E-state index in [2.05, 4.69) is 0 Å². The van der Waals surface area contributed by atoms with Gasteiger partial charge < -0.3 is 18.9 Å². The molecule has 0 amide bonds. The second-order valence-electron chi connectivity index (χ2n) is 15.5. The first-order valence-corrected chi connectivity index (χ1v) is 16.5. The number of esters is 3. The third kappa shape index (κ3) is 8.80. The highest BCUT2D eigenvalue weighted by atomic mass is 35.5. The van der Waals surface area contributed by atoms with Gasteiger partial charge in [0.05, 0.1) is 22.9 Å². The summed E-state index contributed by atoms with van der Waals surface area (Å²) in [7, 11) is 0. The average molecular weight is 670 g/mol. The van der Waals surface area contributed by atoms with Crippen molar-refractivity contribution in [3.05, 3.63) is 70.7 Å². The Morgan fingerprint density at radius 3 is 1.62 bits per heavy atom. The summed E-state index contributed by atoms with van der Waals surface area (Å²) in [6.45, 7) is 15.4. The Balaban J connectivity index is 1.90. The van der Waals surface area contributed by atoms with Crippen molar-refractivity contribution < 1.29 is 38.1 Å². The lowest BCUT2D eigenvalue weighted by Crippen LogP contribution is -2.64. The Bertz CT molecular complexity index is 1440. The number of hydrogen-bond acceptors (Lipinski definition) is 9. The van der Waals surface area contributed by atoms with Gasteiger partial charge in [-0.25, -0.2) is 0 Å². The zero-order chi connectivity index (χ0) is 34.9. The molecule has 47 heavy (non-hydrogen) atoms. The molecule has 2 aliphatic heterocycles. The first-order valence-electron chi connectivity index (χ1n) is 16.1. The van der Waals surface area contributed by atoms with Gasteiger partial charge in [-0.15, -0.1) is 0 Å². The molecule has 0 N–H and O–H groups in total. The molecule has 9 nitrogen and oxygen atoms in total. The van der Waals surface area contributed by atoms with E-state index in [1.165, 1.54) is 0 Å². The Labute approximate surface area is 283 Å². The summed E-state index contributed by atoms with van der Waals surface area (Å²) >= 11 is 6.25. The van der Waals surface area contributed by atoms with Crippen molar-refractivity contribution in [2.75, 3.05) is 6.61 Å². The highest BCUT2D eigenvalue weighted by molar-refractivity contribution is 6.30. The Kier molecular flexibility index (Phi) is 10.9. The number of piperidine rings is 1. The predicted octanol–water partition coefficient (Wildman–Crippen LogP) is 7.02. The van der Waals surface area contributed by atoms with E-state index in [0.717, 1.165) is 11.1 Å². The van der Waals surface area contributed by atoms with Gasteiger partial charge in [0.2, 0.25) is 0 Å². The molecular weight excluding hydrogens is 622 g/mol. The number of ether oxygens (including phenoxy) is 4. The minimum absolute atomic E-state index is 0.0572. The van der Waals surface area contributed by atoms with E-state index in [1.54, 1.807) is 74.4 Å². The zero-order valence-electron chi connectivity index (χ0n) is 28.9. The van der Waals surface area contributed by atoms with Crippen LogP contribution in [0.5, 0.6) is 0 Å². The molecule has 0 bridgehead atoms. The number of likely N-dealkylation sites (tertiary alicyclic amines) is 1. The maximum absolute atomic E-state index is 13.7. The smallest absolute Gasteiger partial charge is 0.311 e. The normalized spacial score (nSPS) is 26.0. The number of rotatable bonds is 6. The van der Waals surface area contributed by atoms with Gasteiger partial charge in [0.1, 0.15) is 5.78 Å². The van der Waals surface area contributed by atoms with Crippen LogP contribution in [0.2, 0.25) is 5.02 Å². The summed E-state index contributed by atoms with van der Waals surface area (Å²) < 4.78 is 25.0. The SMILES string of the molecule is CC(C)(C)C(=O)OC1COC(N2C(c3ccccc3)CC(=O)CC2c2ccc(Cl)cc2)C(OC(=O)C(C)(C)C)C1OC(=O)C(C)(C)C. The fourth-order valence-corrected chi connectivity index (χ4v) is 5.66. The van der Waals surface area contributed by atoms with Crippen molar-refractivity contribution in [1.29, 1.82) is 0 Å². The van der Waals surface area contributed by atoms with Crippen molar-refractivity contribution in [3.8, 4) is 0 Å². The number of benzene rings is 2. The summed E-state index contributed by atoms with van der Waals surface area (Å²) in [5.74, 6) is -1.57. The molecule has 0 saturated carbocycles. The molecule has 2 saturated heterocycles. The van der Waals surface area contributed by atoms with Crippen LogP contribution in [-0.2, 0) is 38.1 Å². The fourth-order valence-electron chi connectivity index (χ4n) is 5.53. The monoisotopic (exact) mass is 669 g/mol. The summed E-state index contributed by atoms with van der Waals surface area (Å²) in [6, 6.07) is 15.9. The standard InChI is InChI=1S/C37H48ClNO8/c1-35(2,3)32(41)45-28-21-44-31(30(47-34(43)37(7,8)9)29(28)46-33(42)36(4,5)6)39-26(22-13-11-10-12-14-22)19-25(40)20-27(39)23-15-17-24(38)18-16-23/h10-18,26-31H,19-21H2,1-9H3. The molecular formula is C37H48ClNO8. The van der Waals surface area contributed by atoms with Gasteiger partial charge in [0.15, 0.2) is 24.5 Å². The zero-order valence-corrected chi connectivity index (χ0v) is 29.6. The molecule has 2 heterocycles. The third-order valence-electron chi connectivity index (χ3n) is 8.28. The van der Waals surface area contributed by atoms with Crippen LogP contribution >= 0.6 is 11.6 Å². The molecule has 2 fully saturated rings. The summed E-state index contributed by atoms with van der Waals surface area (Å²) in [6.07, 6.45) is -4.16. The van der Waals surface area contributed by atoms with E-state index in [1.807, 2.05) is 47.4 Å². The lowest BCUT2D eigenvalue weighted by Gasteiger charge is -2.51. The minimum atomic E-state index is -1.23. The number of hydrogen-bond donors (Lipinski definition) is 0. The molecule has 2 aliphatic rings. The van der Waals surface area contributed by atoms with Crippen molar-refractivity contribution in [2.45, 2.75) is 112 Å². The first-order chi connectivity index (χ1) is 21.8. The van der Waals surface area contributed by atoms with E-state index in [-0.39, 0.29) is 25.2 Å². The van der Waals surface area contributed by atoms with Crippen LogP contribution in [0.4, 0.5) is 0 Å². The van der Waals surface area contributed by atoms with Gasteiger partial charge >= 0.3 is 17.9 Å². The average Bonchev–Trinajstić information content (AvgIpc) is 2.97. The van der Waals surface area contributed by atoms with Crippen molar-refractivity contribution in [1.82, 2.24) is 4.90 Å². The van der Waals surface area contributed by atoms with E-state index < -0.39 is 70.8 Å². The molecule has 6 unspecified atom stereocenters. The number of Topliss-reactive ketones (excluding diaryl/α,β-unsaturated/α-hetero) is 1. The Morgan fingerprint density at radius 2 is 1.13 bits per heavy atom.